The van der Waals surface area contributed by atoms with Gasteiger partial charge >= 0.3 is 0 Å². The minimum absolute atomic E-state index is 0.0124. The van der Waals surface area contributed by atoms with E-state index in [1.165, 1.54) is 5.56 Å². The van der Waals surface area contributed by atoms with E-state index in [-0.39, 0.29) is 11.8 Å². The number of nitrogens with zero attached hydrogens (tertiary/aromatic N) is 2. The van der Waals surface area contributed by atoms with Crippen molar-refractivity contribution in [3.8, 4) is 12.1 Å². The SMILES string of the molecule is C[C@H](C#N)[C@@H]1CC[C@H](C#N)c2ccccc21. The quantitative estimate of drug-likeness (QED) is 0.713. The summed E-state index contributed by atoms with van der Waals surface area (Å²) in [4.78, 5) is 0. The summed E-state index contributed by atoms with van der Waals surface area (Å²) in [6.45, 7) is 1.97. The molecule has 2 rings (SSSR count). The van der Waals surface area contributed by atoms with Crippen LogP contribution < -0.4 is 0 Å². The van der Waals surface area contributed by atoms with E-state index in [0.29, 0.717) is 5.92 Å². The van der Waals surface area contributed by atoms with Crippen LogP contribution in [0.5, 0.6) is 0 Å². The zero-order valence-corrected chi connectivity index (χ0v) is 9.35. The molecule has 0 N–H and O–H groups in total. The third kappa shape index (κ3) is 1.68. The van der Waals surface area contributed by atoms with Gasteiger partial charge in [-0.3, -0.25) is 0 Å². The van der Waals surface area contributed by atoms with Crippen LogP contribution in [0.3, 0.4) is 0 Å². The Morgan fingerprint density at radius 2 is 1.88 bits per heavy atom. The van der Waals surface area contributed by atoms with Crippen LogP contribution in [0.15, 0.2) is 24.3 Å². The van der Waals surface area contributed by atoms with Gasteiger partial charge in [0.25, 0.3) is 0 Å². The van der Waals surface area contributed by atoms with Crippen LogP contribution in [0.2, 0.25) is 0 Å². The van der Waals surface area contributed by atoms with Gasteiger partial charge in [-0.25, -0.2) is 0 Å². The summed E-state index contributed by atoms with van der Waals surface area (Å²) in [6.07, 6.45) is 1.83. The minimum Gasteiger partial charge on any atom is -0.198 e. The zero-order chi connectivity index (χ0) is 11.5. The number of hydrogen-bond acceptors (Lipinski definition) is 2. The predicted molar refractivity (Wildman–Crippen MR) is 61.5 cm³/mol. The van der Waals surface area contributed by atoms with Crippen molar-refractivity contribution >= 4 is 0 Å². The van der Waals surface area contributed by atoms with E-state index in [4.69, 9.17) is 10.5 Å². The monoisotopic (exact) mass is 210 g/mol. The fourth-order valence-corrected chi connectivity index (χ4v) is 2.57. The molecule has 80 valence electrons. The van der Waals surface area contributed by atoms with Crippen molar-refractivity contribution in [2.45, 2.75) is 31.6 Å². The van der Waals surface area contributed by atoms with Gasteiger partial charge in [0.1, 0.15) is 0 Å². The van der Waals surface area contributed by atoms with Gasteiger partial charge in [-0.15, -0.1) is 0 Å². The van der Waals surface area contributed by atoms with Crippen molar-refractivity contribution in [1.82, 2.24) is 0 Å². The Balaban J connectivity index is 2.44. The molecule has 0 aromatic heterocycles. The molecule has 0 radical (unpaired) electrons. The molecule has 1 aliphatic carbocycles. The molecule has 1 aliphatic rings. The average Bonchev–Trinajstić information content (AvgIpc) is 2.36. The second kappa shape index (κ2) is 4.37. The Bertz CT molecular complexity index is 464. The number of fused-ring (bicyclic) bond motifs is 1. The number of benzene rings is 1. The molecular weight excluding hydrogens is 196 g/mol. The molecule has 2 nitrogen and oxygen atoms in total. The summed E-state index contributed by atoms with van der Waals surface area (Å²) in [7, 11) is 0. The molecule has 0 saturated carbocycles. The first-order valence-electron chi connectivity index (χ1n) is 5.66. The van der Waals surface area contributed by atoms with Crippen molar-refractivity contribution in [1.29, 1.82) is 10.5 Å². The second-order valence-corrected chi connectivity index (χ2v) is 4.41. The summed E-state index contributed by atoms with van der Waals surface area (Å²) >= 11 is 0. The zero-order valence-electron chi connectivity index (χ0n) is 9.35. The smallest absolute Gasteiger partial charge is 0.0715 e. The highest BCUT2D eigenvalue weighted by Crippen LogP contribution is 2.41. The maximum atomic E-state index is 9.10. The fourth-order valence-electron chi connectivity index (χ4n) is 2.57. The van der Waals surface area contributed by atoms with Crippen LogP contribution in [-0.2, 0) is 0 Å². The van der Waals surface area contributed by atoms with Gasteiger partial charge in [-0.05, 0) is 36.8 Å². The highest BCUT2D eigenvalue weighted by molar-refractivity contribution is 5.39. The molecule has 0 bridgehead atoms. The lowest BCUT2D eigenvalue weighted by molar-refractivity contribution is 0.459. The minimum atomic E-state index is 0.0124. The lowest BCUT2D eigenvalue weighted by atomic mass is 9.73. The Hall–Kier alpha value is -1.80. The van der Waals surface area contributed by atoms with E-state index in [9.17, 15) is 0 Å². The molecule has 1 aromatic rings. The van der Waals surface area contributed by atoms with Gasteiger partial charge in [0, 0.05) is 0 Å². The van der Waals surface area contributed by atoms with Gasteiger partial charge in [-0.2, -0.15) is 10.5 Å². The van der Waals surface area contributed by atoms with Gasteiger partial charge in [0.05, 0.1) is 24.0 Å². The van der Waals surface area contributed by atoms with Crippen LogP contribution in [0.4, 0.5) is 0 Å². The topological polar surface area (TPSA) is 47.6 Å². The highest BCUT2D eigenvalue weighted by Gasteiger charge is 2.29. The van der Waals surface area contributed by atoms with E-state index >= 15 is 0 Å². The Morgan fingerprint density at radius 1 is 1.19 bits per heavy atom. The first kappa shape index (κ1) is 10.7. The summed E-state index contributed by atoms with van der Waals surface area (Å²) in [6, 6.07) is 12.7. The number of hydrogen-bond donors (Lipinski definition) is 0. The van der Waals surface area contributed by atoms with Crippen molar-refractivity contribution in [2.24, 2.45) is 5.92 Å². The molecule has 0 amide bonds. The van der Waals surface area contributed by atoms with Crippen LogP contribution in [0, 0.1) is 28.6 Å². The molecule has 16 heavy (non-hydrogen) atoms. The fraction of sp³-hybridized carbons (Fsp3) is 0.429. The average molecular weight is 210 g/mol. The first-order valence-corrected chi connectivity index (χ1v) is 5.66. The third-order valence-electron chi connectivity index (χ3n) is 3.50. The summed E-state index contributed by atoms with van der Waals surface area (Å²) < 4.78 is 0. The molecule has 0 spiro atoms. The molecule has 0 heterocycles. The maximum absolute atomic E-state index is 9.10. The van der Waals surface area contributed by atoms with Crippen molar-refractivity contribution in [3.05, 3.63) is 35.4 Å². The van der Waals surface area contributed by atoms with Gasteiger partial charge < -0.3 is 0 Å². The maximum Gasteiger partial charge on any atom is 0.0715 e. The second-order valence-electron chi connectivity index (χ2n) is 4.41. The highest BCUT2D eigenvalue weighted by atomic mass is 14.4. The summed E-state index contributed by atoms with van der Waals surface area (Å²) in [5, 5.41) is 18.1. The predicted octanol–water partition coefficient (Wildman–Crippen LogP) is 3.33. The largest absolute Gasteiger partial charge is 0.198 e. The molecule has 0 saturated heterocycles. The Labute approximate surface area is 96.1 Å². The van der Waals surface area contributed by atoms with Gasteiger partial charge in [0.2, 0.25) is 0 Å². The van der Waals surface area contributed by atoms with Crippen molar-refractivity contribution in [3.63, 3.8) is 0 Å². The third-order valence-corrected chi connectivity index (χ3v) is 3.50. The molecule has 0 fully saturated rings. The lowest BCUT2D eigenvalue weighted by Gasteiger charge is -2.29. The van der Waals surface area contributed by atoms with Gasteiger partial charge in [0.15, 0.2) is 0 Å². The molecule has 1 aromatic carbocycles. The molecule has 0 aliphatic heterocycles. The van der Waals surface area contributed by atoms with Crippen LogP contribution in [-0.4, -0.2) is 0 Å². The first-order chi connectivity index (χ1) is 7.77. The summed E-state index contributed by atoms with van der Waals surface area (Å²) in [5.74, 6) is 0.338. The van der Waals surface area contributed by atoms with Crippen LogP contribution in [0.25, 0.3) is 0 Å². The van der Waals surface area contributed by atoms with E-state index in [1.807, 2.05) is 25.1 Å². The Morgan fingerprint density at radius 3 is 2.50 bits per heavy atom. The van der Waals surface area contributed by atoms with Crippen LogP contribution in [0.1, 0.15) is 42.7 Å². The van der Waals surface area contributed by atoms with Crippen LogP contribution >= 0.6 is 0 Å². The van der Waals surface area contributed by atoms with E-state index in [1.54, 1.807) is 0 Å². The molecular formula is C14H14N2. The van der Waals surface area contributed by atoms with Crippen molar-refractivity contribution < 1.29 is 0 Å². The number of nitriles is 2. The van der Waals surface area contributed by atoms with Crippen molar-refractivity contribution in [2.75, 3.05) is 0 Å². The standard InChI is InChI=1S/C14H14N2/c1-10(8-15)12-7-6-11(9-16)13-4-2-3-5-14(12)13/h2-5,10-12H,6-7H2,1H3/t10-,11-,12+/m1/s1. The summed E-state index contributed by atoms with van der Waals surface area (Å²) in [5.41, 5.74) is 2.33. The lowest BCUT2D eigenvalue weighted by Crippen LogP contribution is -2.18. The number of rotatable bonds is 1. The molecule has 2 heteroatoms. The van der Waals surface area contributed by atoms with E-state index in [2.05, 4.69) is 18.2 Å². The van der Waals surface area contributed by atoms with Gasteiger partial charge in [-0.1, -0.05) is 24.3 Å². The van der Waals surface area contributed by atoms with E-state index < -0.39 is 0 Å². The molecule has 3 atom stereocenters. The normalized spacial score (nSPS) is 24.9. The Kier molecular flexibility index (Phi) is 2.93. The molecule has 0 unspecified atom stereocenters. The van der Waals surface area contributed by atoms with E-state index in [0.717, 1.165) is 18.4 Å².